The first-order valence-corrected chi connectivity index (χ1v) is 5.92. The molecule has 3 heteroatoms. The first-order valence-electron chi connectivity index (χ1n) is 5.92. The Morgan fingerprint density at radius 3 is 2.53 bits per heavy atom. The van der Waals surface area contributed by atoms with Crippen LogP contribution in [0.15, 0.2) is 11.6 Å². The molecule has 0 bridgehead atoms. The van der Waals surface area contributed by atoms with Crippen LogP contribution in [0.2, 0.25) is 0 Å². The molecule has 0 aliphatic heterocycles. The quantitative estimate of drug-likeness (QED) is 0.695. The van der Waals surface area contributed by atoms with Crippen molar-refractivity contribution in [3.05, 3.63) is 11.6 Å². The van der Waals surface area contributed by atoms with Gasteiger partial charge in [-0.15, -0.1) is 0 Å². The van der Waals surface area contributed by atoms with Crippen LogP contribution < -0.4 is 11.5 Å². The largest absolute Gasteiger partial charge is 0.369 e. The Morgan fingerprint density at radius 2 is 2.00 bits per heavy atom. The van der Waals surface area contributed by atoms with Crippen molar-refractivity contribution in [2.75, 3.05) is 0 Å². The fraction of sp³-hybridized carbons (Fsp3) is 0.833. The maximum Gasteiger partial charge on any atom is 0.0928 e. The third-order valence-corrected chi connectivity index (χ3v) is 3.14. The zero-order valence-corrected chi connectivity index (χ0v) is 10.1. The van der Waals surface area contributed by atoms with Crippen molar-refractivity contribution in [2.45, 2.75) is 64.3 Å². The molecule has 0 aromatic heterocycles. The van der Waals surface area contributed by atoms with Crippen LogP contribution >= 0.6 is 0 Å². The van der Waals surface area contributed by atoms with Crippen molar-refractivity contribution in [1.82, 2.24) is 0 Å². The van der Waals surface area contributed by atoms with Gasteiger partial charge in [-0.25, -0.2) is 0 Å². The summed E-state index contributed by atoms with van der Waals surface area (Å²) in [5.74, 6) is 0. The molecule has 1 aliphatic carbocycles. The van der Waals surface area contributed by atoms with Crippen molar-refractivity contribution >= 4 is 0 Å². The van der Waals surface area contributed by atoms with Crippen LogP contribution in [0.4, 0.5) is 0 Å². The second kappa shape index (κ2) is 5.64. The lowest BCUT2D eigenvalue weighted by molar-refractivity contribution is -0.00982. The number of hydrogen-bond donors (Lipinski definition) is 2. The lowest BCUT2D eigenvalue weighted by atomic mass is 9.90. The van der Waals surface area contributed by atoms with Gasteiger partial charge in [0.15, 0.2) is 0 Å². The standard InChI is InChI=1S/C12H24N2O/c1-4-9(5-2)15-11-7-8(3)6-10(13)12(11)14/h7,9-12H,4-6,13-14H2,1-3H3/t10-,11+,12+/m0/s1. The average Bonchev–Trinajstić information content (AvgIpc) is 2.21. The molecule has 1 rings (SSSR count). The van der Waals surface area contributed by atoms with Crippen molar-refractivity contribution in [2.24, 2.45) is 11.5 Å². The van der Waals surface area contributed by atoms with E-state index in [1.165, 1.54) is 5.57 Å². The number of ether oxygens (including phenoxy) is 1. The molecular formula is C12H24N2O. The molecule has 0 aromatic carbocycles. The highest BCUT2D eigenvalue weighted by Crippen LogP contribution is 2.21. The summed E-state index contributed by atoms with van der Waals surface area (Å²) in [6.45, 7) is 6.37. The van der Waals surface area contributed by atoms with E-state index < -0.39 is 0 Å². The number of hydrogen-bond acceptors (Lipinski definition) is 3. The second-order valence-electron chi connectivity index (χ2n) is 4.50. The van der Waals surface area contributed by atoms with Crippen LogP contribution in [0.1, 0.15) is 40.0 Å². The van der Waals surface area contributed by atoms with E-state index in [0.717, 1.165) is 19.3 Å². The van der Waals surface area contributed by atoms with E-state index in [1.54, 1.807) is 0 Å². The van der Waals surface area contributed by atoms with E-state index in [2.05, 4.69) is 26.8 Å². The molecule has 0 saturated heterocycles. The monoisotopic (exact) mass is 212 g/mol. The van der Waals surface area contributed by atoms with Gasteiger partial charge in [0.2, 0.25) is 0 Å². The van der Waals surface area contributed by atoms with Gasteiger partial charge in [-0.1, -0.05) is 25.5 Å². The van der Waals surface area contributed by atoms with Gasteiger partial charge in [0.25, 0.3) is 0 Å². The lowest BCUT2D eigenvalue weighted by Gasteiger charge is -2.33. The molecule has 0 unspecified atom stereocenters. The summed E-state index contributed by atoms with van der Waals surface area (Å²) in [6.07, 6.45) is 5.38. The molecule has 88 valence electrons. The van der Waals surface area contributed by atoms with Gasteiger partial charge < -0.3 is 16.2 Å². The summed E-state index contributed by atoms with van der Waals surface area (Å²) in [6, 6.07) is -0.0244. The Kier molecular flexibility index (Phi) is 4.77. The number of rotatable bonds is 4. The summed E-state index contributed by atoms with van der Waals surface area (Å²) in [5.41, 5.74) is 13.3. The molecule has 15 heavy (non-hydrogen) atoms. The van der Waals surface area contributed by atoms with Crippen LogP contribution in [0.5, 0.6) is 0 Å². The van der Waals surface area contributed by atoms with Crippen LogP contribution in [0, 0.1) is 0 Å². The first-order chi connectivity index (χ1) is 7.08. The molecule has 0 saturated carbocycles. The van der Waals surface area contributed by atoms with Gasteiger partial charge in [-0.3, -0.25) is 0 Å². The summed E-state index contributed by atoms with van der Waals surface area (Å²) >= 11 is 0. The number of nitrogens with two attached hydrogens (primary N) is 2. The third kappa shape index (κ3) is 3.30. The summed E-state index contributed by atoms with van der Waals surface area (Å²) in [7, 11) is 0. The minimum absolute atomic E-state index is 0.00125. The van der Waals surface area contributed by atoms with Crippen LogP contribution in [-0.4, -0.2) is 24.3 Å². The first kappa shape index (κ1) is 12.7. The van der Waals surface area contributed by atoms with Gasteiger partial charge in [-0.2, -0.15) is 0 Å². The van der Waals surface area contributed by atoms with E-state index in [4.69, 9.17) is 16.2 Å². The van der Waals surface area contributed by atoms with Crippen LogP contribution in [0.3, 0.4) is 0 Å². The molecule has 4 N–H and O–H groups in total. The normalized spacial score (nSPS) is 31.9. The summed E-state index contributed by atoms with van der Waals surface area (Å²) in [4.78, 5) is 0. The second-order valence-corrected chi connectivity index (χ2v) is 4.50. The highest BCUT2D eigenvalue weighted by Gasteiger charge is 2.28. The van der Waals surface area contributed by atoms with Gasteiger partial charge in [-0.05, 0) is 26.2 Å². The highest BCUT2D eigenvalue weighted by molar-refractivity contribution is 5.14. The van der Waals surface area contributed by atoms with E-state index in [-0.39, 0.29) is 18.2 Å². The maximum atomic E-state index is 6.05. The fourth-order valence-corrected chi connectivity index (χ4v) is 2.04. The van der Waals surface area contributed by atoms with Crippen molar-refractivity contribution in [3.8, 4) is 0 Å². The smallest absolute Gasteiger partial charge is 0.0928 e. The molecule has 3 atom stereocenters. The molecule has 0 radical (unpaired) electrons. The van der Waals surface area contributed by atoms with Crippen LogP contribution in [0.25, 0.3) is 0 Å². The van der Waals surface area contributed by atoms with E-state index in [9.17, 15) is 0 Å². The zero-order chi connectivity index (χ0) is 11.4. The Bertz CT molecular complexity index is 224. The molecule has 0 fully saturated rings. The van der Waals surface area contributed by atoms with Gasteiger partial charge in [0, 0.05) is 12.1 Å². The van der Waals surface area contributed by atoms with Crippen molar-refractivity contribution in [3.63, 3.8) is 0 Å². The molecule has 0 aromatic rings. The Morgan fingerprint density at radius 1 is 1.40 bits per heavy atom. The zero-order valence-electron chi connectivity index (χ0n) is 10.1. The topological polar surface area (TPSA) is 61.3 Å². The predicted molar refractivity (Wildman–Crippen MR) is 63.6 cm³/mol. The minimum atomic E-state index is -0.0608. The molecular weight excluding hydrogens is 188 g/mol. The van der Waals surface area contributed by atoms with E-state index in [1.807, 2.05) is 0 Å². The maximum absolute atomic E-state index is 6.05. The third-order valence-electron chi connectivity index (χ3n) is 3.14. The molecule has 3 nitrogen and oxygen atoms in total. The van der Waals surface area contributed by atoms with Gasteiger partial charge >= 0.3 is 0 Å². The molecule has 0 amide bonds. The summed E-state index contributed by atoms with van der Waals surface area (Å²) < 4.78 is 5.96. The molecule has 0 spiro atoms. The van der Waals surface area contributed by atoms with E-state index in [0.29, 0.717) is 6.10 Å². The SMILES string of the molecule is CCC(CC)O[C@@H]1C=C(C)C[C@H](N)[C@H]1N. The Hall–Kier alpha value is -0.380. The Balaban J connectivity index is 2.62. The minimum Gasteiger partial charge on any atom is -0.369 e. The summed E-state index contributed by atoms with van der Waals surface area (Å²) in [5, 5.41) is 0. The van der Waals surface area contributed by atoms with Gasteiger partial charge in [0.1, 0.15) is 0 Å². The Labute approximate surface area is 92.9 Å². The fourth-order valence-electron chi connectivity index (χ4n) is 2.04. The van der Waals surface area contributed by atoms with Crippen molar-refractivity contribution in [1.29, 1.82) is 0 Å². The van der Waals surface area contributed by atoms with Crippen molar-refractivity contribution < 1.29 is 4.74 Å². The molecule has 1 aliphatic rings. The molecule has 0 heterocycles. The highest BCUT2D eigenvalue weighted by atomic mass is 16.5. The predicted octanol–water partition coefficient (Wildman–Crippen LogP) is 1.56. The van der Waals surface area contributed by atoms with Crippen LogP contribution in [-0.2, 0) is 4.74 Å². The van der Waals surface area contributed by atoms with Gasteiger partial charge in [0.05, 0.1) is 12.2 Å². The average molecular weight is 212 g/mol. The van der Waals surface area contributed by atoms with E-state index >= 15 is 0 Å². The lowest BCUT2D eigenvalue weighted by Crippen LogP contribution is -2.52.